The average Bonchev–Trinajstić information content (AvgIpc) is 3.22. The molecule has 0 unspecified atom stereocenters. The fraction of sp³-hybridized carbons (Fsp3) is 0.600. The summed E-state index contributed by atoms with van der Waals surface area (Å²) >= 11 is 0. The second-order valence-electron chi connectivity index (χ2n) is 7.36. The van der Waals surface area contributed by atoms with Crippen LogP contribution in [0.15, 0.2) is 18.2 Å². The highest BCUT2D eigenvalue weighted by atomic mass is 16.6. The Hall–Kier alpha value is -2.08. The monoisotopic (exact) mass is 358 g/mol. The molecule has 1 saturated heterocycles. The van der Waals surface area contributed by atoms with Gasteiger partial charge in [0, 0.05) is 37.7 Å². The smallest absolute Gasteiger partial charge is 0.225 e. The van der Waals surface area contributed by atoms with Crippen molar-refractivity contribution in [2.24, 2.45) is 5.92 Å². The fourth-order valence-corrected chi connectivity index (χ4v) is 4.07. The maximum absolute atomic E-state index is 12.6. The Bertz CT molecular complexity index is 676. The van der Waals surface area contributed by atoms with E-state index in [2.05, 4.69) is 4.90 Å². The largest absolute Gasteiger partial charge is 0.486 e. The van der Waals surface area contributed by atoms with Crippen LogP contribution in [0.4, 0.5) is 0 Å². The second kappa shape index (κ2) is 7.66. The van der Waals surface area contributed by atoms with Crippen LogP contribution in [-0.2, 0) is 4.79 Å². The number of fused-ring (bicyclic) bond motifs is 1. The van der Waals surface area contributed by atoms with Crippen molar-refractivity contribution in [3.63, 3.8) is 0 Å². The minimum absolute atomic E-state index is 0.0811. The van der Waals surface area contributed by atoms with E-state index < -0.39 is 0 Å². The molecule has 26 heavy (non-hydrogen) atoms. The molecule has 0 radical (unpaired) electrons. The molecule has 2 aliphatic heterocycles. The predicted octanol–water partition coefficient (Wildman–Crippen LogP) is 1.97. The number of ether oxygens (including phenoxy) is 2. The van der Waals surface area contributed by atoms with Gasteiger partial charge in [0.15, 0.2) is 17.3 Å². The van der Waals surface area contributed by atoms with Crippen molar-refractivity contribution in [3.8, 4) is 11.5 Å². The van der Waals surface area contributed by atoms with Crippen LogP contribution in [0.1, 0.15) is 36.0 Å². The Morgan fingerprint density at radius 1 is 0.962 bits per heavy atom. The molecule has 3 aliphatic rings. The predicted molar refractivity (Wildman–Crippen MR) is 96.7 cm³/mol. The summed E-state index contributed by atoms with van der Waals surface area (Å²) in [4.78, 5) is 29.2. The highest BCUT2D eigenvalue weighted by Crippen LogP contribution is 2.31. The van der Waals surface area contributed by atoms with Crippen LogP contribution in [0.5, 0.6) is 11.5 Å². The molecule has 1 saturated carbocycles. The molecule has 1 aromatic rings. The molecular weight excluding hydrogens is 332 g/mol. The first-order valence-electron chi connectivity index (χ1n) is 9.65. The highest BCUT2D eigenvalue weighted by Gasteiger charge is 2.30. The third-order valence-electron chi connectivity index (χ3n) is 5.62. The minimum Gasteiger partial charge on any atom is -0.486 e. The Labute approximate surface area is 154 Å². The van der Waals surface area contributed by atoms with Gasteiger partial charge in [0.05, 0.1) is 6.54 Å². The third kappa shape index (κ3) is 3.70. The van der Waals surface area contributed by atoms with Crippen LogP contribution < -0.4 is 9.47 Å². The number of piperazine rings is 1. The Kier molecular flexibility index (Phi) is 5.11. The van der Waals surface area contributed by atoms with Crippen molar-refractivity contribution < 1.29 is 19.1 Å². The summed E-state index contributed by atoms with van der Waals surface area (Å²) in [7, 11) is 0. The summed E-state index contributed by atoms with van der Waals surface area (Å²) < 4.78 is 11.1. The van der Waals surface area contributed by atoms with Crippen LogP contribution >= 0.6 is 0 Å². The van der Waals surface area contributed by atoms with Crippen molar-refractivity contribution >= 4 is 11.7 Å². The van der Waals surface area contributed by atoms with E-state index in [1.807, 2.05) is 4.90 Å². The lowest BCUT2D eigenvalue weighted by atomic mass is 10.1. The van der Waals surface area contributed by atoms with Gasteiger partial charge in [-0.1, -0.05) is 12.8 Å². The van der Waals surface area contributed by atoms with Gasteiger partial charge in [-0.15, -0.1) is 0 Å². The zero-order valence-corrected chi connectivity index (χ0v) is 15.1. The number of rotatable bonds is 4. The number of amides is 1. The van der Waals surface area contributed by atoms with Crippen LogP contribution in [-0.4, -0.2) is 67.4 Å². The maximum atomic E-state index is 12.6. The molecule has 0 atom stereocenters. The summed E-state index contributed by atoms with van der Waals surface area (Å²) in [5.41, 5.74) is 0.652. The van der Waals surface area contributed by atoms with Gasteiger partial charge in [0.2, 0.25) is 5.91 Å². The Morgan fingerprint density at radius 2 is 1.65 bits per heavy atom. The van der Waals surface area contributed by atoms with E-state index >= 15 is 0 Å². The highest BCUT2D eigenvalue weighted by molar-refractivity contribution is 5.98. The Morgan fingerprint density at radius 3 is 2.38 bits per heavy atom. The number of carbonyl (C=O) groups excluding carboxylic acids is 2. The van der Waals surface area contributed by atoms with E-state index in [0.717, 1.165) is 39.0 Å². The van der Waals surface area contributed by atoms with E-state index in [-0.39, 0.29) is 11.7 Å². The normalized spacial score (nSPS) is 21.0. The molecule has 4 rings (SSSR count). The number of carbonyl (C=O) groups is 2. The number of Topliss-reactive ketones (excluding diaryl/α,β-unsaturated/α-hetero) is 1. The van der Waals surface area contributed by atoms with E-state index in [1.165, 1.54) is 12.8 Å². The van der Waals surface area contributed by atoms with E-state index in [1.54, 1.807) is 18.2 Å². The molecule has 0 N–H and O–H groups in total. The van der Waals surface area contributed by atoms with Crippen LogP contribution in [0.25, 0.3) is 0 Å². The number of nitrogens with zero attached hydrogens (tertiary/aromatic N) is 2. The molecule has 2 heterocycles. The van der Waals surface area contributed by atoms with Gasteiger partial charge in [0.25, 0.3) is 0 Å². The van der Waals surface area contributed by atoms with Crippen molar-refractivity contribution in [1.82, 2.24) is 9.80 Å². The van der Waals surface area contributed by atoms with Gasteiger partial charge in [-0.25, -0.2) is 0 Å². The van der Waals surface area contributed by atoms with Gasteiger partial charge in [-0.05, 0) is 31.0 Å². The molecule has 1 aromatic carbocycles. The standard InChI is InChI=1S/C20H26N2O4/c23-17(16-5-6-18-19(13-16)26-12-11-25-18)14-21-7-9-22(10-8-21)20(24)15-3-1-2-4-15/h5-6,13,15H,1-4,7-12,14H2. The van der Waals surface area contributed by atoms with Gasteiger partial charge >= 0.3 is 0 Å². The molecule has 0 spiro atoms. The minimum atomic E-state index is 0.0811. The van der Waals surface area contributed by atoms with E-state index in [0.29, 0.717) is 42.7 Å². The summed E-state index contributed by atoms with van der Waals surface area (Å²) in [6.07, 6.45) is 4.45. The number of ketones is 1. The average molecular weight is 358 g/mol. The first-order chi connectivity index (χ1) is 12.7. The summed E-state index contributed by atoms with van der Waals surface area (Å²) in [6, 6.07) is 5.38. The molecule has 1 amide bonds. The molecule has 0 aromatic heterocycles. The lowest BCUT2D eigenvalue weighted by molar-refractivity contribution is -0.137. The lowest BCUT2D eigenvalue weighted by Gasteiger charge is -2.35. The topological polar surface area (TPSA) is 59.1 Å². The second-order valence-corrected chi connectivity index (χ2v) is 7.36. The first-order valence-corrected chi connectivity index (χ1v) is 9.65. The summed E-state index contributed by atoms with van der Waals surface area (Å²) in [6.45, 7) is 4.41. The molecule has 6 nitrogen and oxygen atoms in total. The molecule has 2 fully saturated rings. The van der Waals surface area contributed by atoms with Crippen molar-refractivity contribution in [2.75, 3.05) is 45.9 Å². The van der Waals surface area contributed by atoms with Crippen LogP contribution in [0.2, 0.25) is 0 Å². The van der Waals surface area contributed by atoms with E-state index in [9.17, 15) is 9.59 Å². The van der Waals surface area contributed by atoms with Gasteiger partial charge in [0.1, 0.15) is 13.2 Å². The molecular formula is C20H26N2O4. The SMILES string of the molecule is O=C(CN1CCN(C(=O)C2CCCC2)CC1)c1ccc2c(c1)OCCO2. The van der Waals surface area contributed by atoms with Gasteiger partial charge in [-0.2, -0.15) is 0 Å². The summed E-state index contributed by atoms with van der Waals surface area (Å²) in [5.74, 6) is 1.99. The van der Waals surface area contributed by atoms with Crippen molar-refractivity contribution in [3.05, 3.63) is 23.8 Å². The Balaban J connectivity index is 1.30. The number of benzene rings is 1. The molecule has 1 aliphatic carbocycles. The van der Waals surface area contributed by atoms with Crippen LogP contribution in [0.3, 0.4) is 0 Å². The number of hydrogen-bond donors (Lipinski definition) is 0. The van der Waals surface area contributed by atoms with Gasteiger partial charge < -0.3 is 14.4 Å². The zero-order valence-electron chi connectivity index (χ0n) is 15.1. The summed E-state index contributed by atoms with van der Waals surface area (Å²) in [5, 5.41) is 0. The maximum Gasteiger partial charge on any atom is 0.225 e. The van der Waals surface area contributed by atoms with Crippen molar-refractivity contribution in [2.45, 2.75) is 25.7 Å². The van der Waals surface area contributed by atoms with Crippen molar-refractivity contribution in [1.29, 1.82) is 0 Å². The lowest BCUT2D eigenvalue weighted by Crippen LogP contribution is -2.51. The molecule has 6 heteroatoms. The van der Waals surface area contributed by atoms with E-state index in [4.69, 9.17) is 9.47 Å². The first kappa shape index (κ1) is 17.3. The zero-order chi connectivity index (χ0) is 17.9. The third-order valence-corrected chi connectivity index (χ3v) is 5.62. The fourth-order valence-electron chi connectivity index (χ4n) is 4.07. The molecule has 0 bridgehead atoms. The van der Waals surface area contributed by atoms with Crippen LogP contribution in [0, 0.1) is 5.92 Å². The number of hydrogen-bond acceptors (Lipinski definition) is 5. The van der Waals surface area contributed by atoms with Gasteiger partial charge in [-0.3, -0.25) is 14.5 Å². The quantitative estimate of drug-likeness (QED) is 0.771. The molecule has 140 valence electrons.